The van der Waals surface area contributed by atoms with Gasteiger partial charge in [-0.3, -0.25) is 0 Å². The smallest absolute Gasteiger partial charge is 0.110 e. The molecule has 0 spiro atoms. The van der Waals surface area contributed by atoms with Gasteiger partial charge in [-0.1, -0.05) is 46.0 Å². The molecule has 13 heavy (non-hydrogen) atoms. The fourth-order valence-electron chi connectivity index (χ4n) is 2.19. The van der Waals surface area contributed by atoms with Gasteiger partial charge in [0.25, 0.3) is 0 Å². The standard InChI is InChI=1S/C12H23F/c1-10(2)12(3,13)9-11-7-5-4-6-8-11/h10-11H,4-9H2,1-3H3. The molecule has 1 unspecified atom stereocenters. The van der Waals surface area contributed by atoms with E-state index in [1.807, 2.05) is 13.8 Å². The van der Waals surface area contributed by atoms with Crippen LogP contribution in [0.5, 0.6) is 0 Å². The van der Waals surface area contributed by atoms with Crippen LogP contribution >= 0.6 is 0 Å². The Labute approximate surface area is 81.9 Å². The molecule has 1 aliphatic carbocycles. The van der Waals surface area contributed by atoms with Crippen LogP contribution in [0.25, 0.3) is 0 Å². The number of halogens is 1. The monoisotopic (exact) mass is 186 g/mol. The molecule has 0 saturated heterocycles. The third kappa shape index (κ3) is 3.28. The summed E-state index contributed by atoms with van der Waals surface area (Å²) in [4.78, 5) is 0. The Morgan fingerprint density at radius 2 is 1.77 bits per heavy atom. The van der Waals surface area contributed by atoms with Gasteiger partial charge in [-0.2, -0.15) is 0 Å². The van der Waals surface area contributed by atoms with Crippen molar-refractivity contribution in [3.8, 4) is 0 Å². The molecule has 1 heteroatoms. The van der Waals surface area contributed by atoms with Crippen molar-refractivity contribution in [2.24, 2.45) is 11.8 Å². The van der Waals surface area contributed by atoms with Crippen molar-refractivity contribution in [3.05, 3.63) is 0 Å². The van der Waals surface area contributed by atoms with Gasteiger partial charge in [0, 0.05) is 0 Å². The molecule has 0 heterocycles. The zero-order valence-electron chi connectivity index (χ0n) is 9.28. The second-order valence-corrected chi connectivity index (χ2v) is 5.14. The molecule has 78 valence electrons. The molecule has 0 aromatic heterocycles. The molecule has 1 saturated carbocycles. The first-order valence-corrected chi connectivity index (χ1v) is 5.71. The first-order valence-electron chi connectivity index (χ1n) is 5.71. The second kappa shape index (κ2) is 4.43. The molecule has 1 fully saturated rings. The minimum atomic E-state index is -0.942. The van der Waals surface area contributed by atoms with Gasteiger partial charge in [-0.15, -0.1) is 0 Å². The van der Waals surface area contributed by atoms with Gasteiger partial charge in [0.05, 0.1) is 0 Å². The summed E-state index contributed by atoms with van der Waals surface area (Å²) in [5.41, 5.74) is -0.942. The van der Waals surface area contributed by atoms with E-state index in [2.05, 4.69) is 0 Å². The van der Waals surface area contributed by atoms with Gasteiger partial charge < -0.3 is 0 Å². The molecule has 0 bridgehead atoms. The summed E-state index contributed by atoms with van der Waals surface area (Å²) < 4.78 is 14.0. The normalized spacial score (nSPS) is 24.7. The van der Waals surface area contributed by atoms with E-state index in [1.54, 1.807) is 6.92 Å². The van der Waals surface area contributed by atoms with Gasteiger partial charge in [0.2, 0.25) is 0 Å². The van der Waals surface area contributed by atoms with E-state index in [0.29, 0.717) is 5.92 Å². The van der Waals surface area contributed by atoms with Crippen molar-refractivity contribution in [1.82, 2.24) is 0 Å². The largest absolute Gasteiger partial charge is 0.244 e. The first kappa shape index (κ1) is 11.0. The lowest BCUT2D eigenvalue weighted by molar-refractivity contribution is 0.0792. The van der Waals surface area contributed by atoms with Crippen LogP contribution in [0.4, 0.5) is 4.39 Å². The minimum absolute atomic E-state index is 0.162. The highest BCUT2D eigenvalue weighted by molar-refractivity contribution is 4.81. The zero-order valence-corrected chi connectivity index (χ0v) is 9.28. The van der Waals surface area contributed by atoms with Gasteiger partial charge in [0.15, 0.2) is 0 Å². The summed E-state index contributed by atoms with van der Waals surface area (Å²) >= 11 is 0. The van der Waals surface area contributed by atoms with Gasteiger partial charge >= 0.3 is 0 Å². The van der Waals surface area contributed by atoms with Crippen molar-refractivity contribution in [2.45, 2.75) is 65.0 Å². The Morgan fingerprint density at radius 1 is 1.23 bits per heavy atom. The number of rotatable bonds is 3. The summed E-state index contributed by atoms with van der Waals surface area (Å²) in [6, 6.07) is 0. The Balaban J connectivity index is 2.37. The lowest BCUT2D eigenvalue weighted by Gasteiger charge is -2.31. The van der Waals surface area contributed by atoms with Crippen LogP contribution in [-0.2, 0) is 0 Å². The predicted octanol–water partition coefficient (Wildman–Crippen LogP) is 4.34. The number of hydrogen-bond acceptors (Lipinski definition) is 0. The average Bonchev–Trinajstić information content (AvgIpc) is 2.05. The third-order valence-corrected chi connectivity index (χ3v) is 3.62. The lowest BCUT2D eigenvalue weighted by Crippen LogP contribution is -2.29. The van der Waals surface area contributed by atoms with E-state index in [1.165, 1.54) is 32.1 Å². The molecule has 0 amide bonds. The Kier molecular flexibility index (Phi) is 3.75. The molecular weight excluding hydrogens is 163 g/mol. The molecule has 0 radical (unpaired) electrons. The van der Waals surface area contributed by atoms with E-state index in [4.69, 9.17) is 0 Å². The van der Waals surface area contributed by atoms with Crippen LogP contribution in [0.15, 0.2) is 0 Å². The third-order valence-electron chi connectivity index (χ3n) is 3.62. The SMILES string of the molecule is CC(C)C(C)(F)CC1CCCCC1. The van der Waals surface area contributed by atoms with Crippen LogP contribution in [-0.4, -0.2) is 5.67 Å². The second-order valence-electron chi connectivity index (χ2n) is 5.14. The van der Waals surface area contributed by atoms with Crippen LogP contribution in [0.1, 0.15) is 59.3 Å². The number of hydrogen-bond donors (Lipinski definition) is 0. The van der Waals surface area contributed by atoms with Crippen molar-refractivity contribution >= 4 is 0 Å². The minimum Gasteiger partial charge on any atom is -0.244 e. The Hall–Kier alpha value is -0.0700. The van der Waals surface area contributed by atoms with Gasteiger partial charge in [-0.25, -0.2) is 4.39 Å². The van der Waals surface area contributed by atoms with Crippen molar-refractivity contribution < 1.29 is 4.39 Å². The maximum atomic E-state index is 14.0. The maximum Gasteiger partial charge on any atom is 0.110 e. The van der Waals surface area contributed by atoms with E-state index in [0.717, 1.165) is 6.42 Å². The van der Waals surface area contributed by atoms with Crippen LogP contribution in [0.3, 0.4) is 0 Å². The summed E-state index contributed by atoms with van der Waals surface area (Å²) in [5.74, 6) is 0.820. The van der Waals surface area contributed by atoms with Crippen LogP contribution in [0, 0.1) is 11.8 Å². The fourth-order valence-corrected chi connectivity index (χ4v) is 2.19. The first-order chi connectivity index (χ1) is 6.02. The maximum absolute atomic E-state index is 14.0. The quantitative estimate of drug-likeness (QED) is 0.615. The summed E-state index contributed by atoms with van der Waals surface area (Å²) in [6.07, 6.45) is 7.29. The molecular formula is C12H23F. The molecule has 0 N–H and O–H groups in total. The average molecular weight is 186 g/mol. The highest BCUT2D eigenvalue weighted by Crippen LogP contribution is 2.35. The van der Waals surface area contributed by atoms with Crippen LogP contribution < -0.4 is 0 Å². The topological polar surface area (TPSA) is 0 Å². The van der Waals surface area contributed by atoms with E-state index >= 15 is 0 Å². The molecule has 0 aliphatic heterocycles. The van der Waals surface area contributed by atoms with Crippen molar-refractivity contribution in [1.29, 1.82) is 0 Å². The summed E-state index contributed by atoms with van der Waals surface area (Å²) in [6.45, 7) is 5.75. The van der Waals surface area contributed by atoms with Crippen molar-refractivity contribution in [3.63, 3.8) is 0 Å². The fraction of sp³-hybridized carbons (Fsp3) is 1.00. The molecule has 1 atom stereocenters. The zero-order chi connectivity index (χ0) is 9.90. The van der Waals surface area contributed by atoms with E-state index < -0.39 is 5.67 Å². The number of alkyl halides is 1. The lowest BCUT2D eigenvalue weighted by atomic mass is 9.78. The van der Waals surface area contributed by atoms with E-state index in [9.17, 15) is 4.39 Å². The highest BCUT2D eigenvalue weighted by atomic mass is 19.1. The van der Waals surface area contributed by atoms with Gasteiger partial charge in [0.1, 0.15) is 5.67 Å². The highest BCUT2D eigenvalue weighted by Gasteiger charge is 2.31. The van der Waals surface area contributed by atoms with Crippen LogP contribution in [0.2, 0.25) is 0 Å². The molecule has 0 aromatic rings. The Morgan fingerprint density at radius 3 is 2.23 bits per heavy atom. The summed E-state index contributed by atoms with van der Waals surface area (Å²) in [5, 5.41) is 0. The van der Waals surface area contributed by atoms with Gasteiger partial charge in [-0.05, 0) is 25.2 Å². The molecule has 1 rings (SSSR count). The van der Waals surface area contributed by atoms with Crippen molar-refractivity contribution in [2.75, 3.05) is 0 Å². The van der Waals surface area contributed by atoms with E-state index in [-0.39, 0.29) is 5.92 Å². The predicted molar refractivity (Wildman–Crippen MR) is 55.5 cm³/mol. The molecule has 1 aliphatic rings. The Bertz CT molecular complexity index is 143. The summed E-state index contributed by atoms with van der Waals surface area (Å²) in [7, 11) is 0. The molecule has 0 nitrogen and oxygen atoms in total. The molecule has 0 aromatic carbocycles.